The highest BCUT2D eigenvalue weighted by Crippen LogP contribution is 2.28. The maximum absolute atomic E-state index is 8.31. The number of allylic oxidation sites excluding steroid dienone is 3. The Kier molecular flexibility index (Phi) is 3.11. The van der Waals surface area contributed by atoms with Crippen LogP contribution in [0, 0.1) is 17.2 Å². The highest BCUT2D eigenvalue weighted by atomic mass is 16.5. The topological polar surface area (TPSA) is 33.1 Å². The third-order valence-electron chi connectivity index (χ3n) is 3.73. The zero-order valence-corrected chi connectivity index (χ0v) is 10.3. The molecule has 1 aliphatic heterocycles. The van der Waals surface area contributed by atoms with E-state index < -0.39 is 0 Å². The second-order valence-electron chi connectivity index (χ2n) is 4.95. The van der Waals surface area contributed by atoms with Gasteiger partial charge in [0, 0.05) is 17.2 Å². The van der Waals surface area contributed by atoms with Crippen molar-refractivity contribution >= 4 is 5.71 Å². The van der Waals surface area contributed by atoms with Crippen molar-refractivity contribution in [2.75, 3.05) is 6.61 Å². The van der Waals surface area contributed by atoms with Gasteiger partial charge in [-0.1, -0.05) is 48.6 Å². The summed E-state index contributed by atoms with van der Waals surface area (Å²) in [5, 5.41) is 8.31. The molecule has 18 heavy (non-hydrogen) atoms. The Labute approximate surface area is 107 Å². The van der Waals surface area contributed by atoms with Crippen LogP contribution in [-0.2, 0) is 11.3 Å². The summed E-state index contributed by atoms with van der Waals surface area (Å²) in [6.45, 7) is 1.35. The molecule has 2 atom stereocenters. The Morgan fingerprint density at radius 1 is 1.06 bits per heavy atom. The summed E-state index contributed by atoms with van der Waals surface area (Å²) in [4.78, 5) is 0. The molecule has 1 aromatic rings. The first-order valence-electron chi connectivity index (χ1n) is 6.43. The van der Waals surface area contributed by atoms with Gasteiger partial charge in [-0.15, -0.1) is 0 Å². The molecule has 1 aromatic carbocycles. The lowest BCUT2D eigenvalue weighted by Crippen LogP contribution is -2.20. The van der Waals surface area contributed by atoms with Crippen molar-refractivity contribution in [3.8, 4) is 0 Å². The van der Waals surface area contributed by atoms with Gasteiger partial charge in [0.2, 0.25) is 0 Å². The molecule has 1 aliphatic carbocycles. The average Bonchev–Trinajstić information content (AvgIpc) is 2.47. The van der Waals surface area contributed by atoms with E-state index >= 15 is 0 Å². The molecule has 0 saturated heterocycles. The van der Waals surface area contributed by atoms with E-state index in [0.29, 0.717) is 18.4 Å². The average molecular weight is 239 g/mol. The van der Waals surface area contributed by atoms with E-state index in [0.717, 1.165) is 29.9 Å². The smallest absolute Gasteiger partial charge is 0.0723 e. The molecular formula is C16H17NO. The molecule has 0 bridgehead atoms. The fraction of sp³-hybridized carbons (Fsp3) is 0.312. The van der Waals surface area contributed by atoms with Gasteiger partial charge < -0.3 is 10.1 Å². The molecule has 0 radical (unpaired) electrons. The first kappa shape index (κ1) is 11.4. The lowest BCUT2D eigenvalue weighted by molar-refractivity contribution is 0.0898. The van der Waals surface area contributed by atoms with Crippen LogP contribution in [0.5, 0.6) is 0 Å². The summed E-state index contributed by atoms with van der Waals surface area (Å²) >= 11 is 0. The van der Waals surface area contributed by atoms with Gasteiger partial charge >= 0.3 is 0 Å². The molecule has 0 aromatic heterocycles. The maximum Gasteiger partial charge on any atom is 0.0723 e. The fourth-order valence-electron chi connectivity index (χ4n) is 2.69. The molecule has 3 rings (SSSR count). The second kappa shape index (κ2) is 4.91. The van der Waals surface area contributed by atoms with Crippen LogP contribution in [0.15, 0.2) is 48.6 Å². The zero-order valence-electron chi connectivity index (χ0n) is 10.3. The summed E-state index contributed by atoms with van der Waals surface area (Å²) in [5.41, 5.74) is 2.90. The first-order valence-corrected chi connectivity index (χ1v) is 6.43. The van der Waals surface area contributed by atoms with Crippen LogP contribution in [0.25, 0.3) is 0 Å². The minimum Gasteiger partial charge on any atom is -0.376 e. The zero-order chi connectivity index (χ0) is 12.4. The monoisotopic (exact) mass is 239 g/mol. The van der Waals surface area contributed by atoms with Gasteiger partial charge in [-0.05, 0) is 17.9 Å². The van der Waals surface area contributed by atoms with E-state index in [-0.39, 0.29) is 0 Å². The van der Waals surface area contributed by atoms with Gasteiger partial charge in [0.15, 0.2) is 0 Å². The Balaban J connectivity index is 1.93. The minimum absolute atomic E-state index is 0.397. The third kappa shape index (κ3) is 2.16. The summed E-state index contributed by atoms with van der Waals surface area (Å²) in [7, 11) is 0. The first-order chi connectivity index (χ1) is 8.84. The van der Waals surface area contributed by atoms with Crippen LogP contribution in [0.3, 0.4) is 0 Å². The quantitative estimate of drug-likeness (QED) is 0.740. The van der Waals surface area contributed by atoms with Gasteiger partial charge in [0.25, 0.3) is 0 Å². The van der Waals surface area contributed by atoms with Gasteiger partial charge in [-0.2, -0.15) is 0 Å². The second-order valence-corrected chi connectivity index (χ2v) is 4.95. The summed E-state index contributed by atoms with van der Waals surface area (Å²) in [6, 6.07) is 8.11. The number of rotatable bonds is 0. The summed E-state index contributed by atoms with van der Waals surface area (Å²) in [6.07, 6.45) is 9.37. The van der Waals surface area contributed by atoms with Gasteiger partial charge in [0.05, 0.1) is 13.2 Å². The van der Waals surface area contributed by atoms with Crippen LogP contribution in [0.4, 0.5) is 0 Å². The molecule has 2 nitrogen and oxygen atoms in total. The lowest BCUT2D eigenvalue weighted by Gasteiger charge is -2.22. The molecule has 0 fully saturated rings. The molecule has 1 heterocycles. The van der Waals surface area contributed by atoms with E-state index in [1.54, 1.807) is 0 Å². The standard InChI is InChI=1S/C16H17NO/c17-16-9-12-5-1-2-6-13(12)10-18-11-14-7-3-4-8-15(14)16/h1-8,12-13,17H,9-11H2. The molecule has 2 unspecified atom stereocenters. The van der Waals surface area contributed by atoms with Crippen molar-refractivity contribution in [2.24, 2.45) is 11.8 Å². The van der Waals surface area contributed by atoms with Crippen molar-refractivity contribution in [1.82, 2.24) is 0 Å². The highest BCUT2D eigenvalue weighted by molar-refractivity contribution is 5.99. The van der Waals surface area contributed by atoms with E-state index in [1.165, 1.54) is 0 Å². The molecular weight excluding hydrogens is 222 g/mol. The number of ether oxygens (including phenoxy) is 1. The Hall–Kier alpha value is -1.67. The number of hydrogen-bond donors (Lipinski definition) is 1. The van der Waals surface area contributed by atoms with Crippen molar-refractivity contribution in [2.45, 2.75) is 13.0 Å². The van der Waals surface area contributed by atoms with Crippen LogP contribution in [0.2, 0.25) is 0 Å². The third-order valence-corrected chi connectivity index (χ3v) is 3.73. The van der Waals surface area contributed by atoms with E-state index in [2.05, 4.69) is 30.4 Å². The predicted molar refractivity (Wildman–Crippen MR) is 72.8 cm³/mol. The Morgan fingerprint density at radius 3 is 2.72 bits per heavy atom. The van der Waals surface area contributed by atoms with Crippen LogP contribution in [0.1, 0.15) is 17.5 Å². The molecule has 2 heteroatoms. The van der Waals surface area contributed by atoms with E-state index in [9.17, 15) is 0 Å². The molecule has 2 aliphatic rings. The molecule has 0 amide bonds. The SMILES string of the molecule is N=C1CC2C=CC=CC2COCc2ccccc21. The van der Waals surface area contributed by atoms with Crippen molar-refractivity contribution < 1.29 is 4.74 Å². The molecule has 0 spiro atoms. The Bertz CT molecular complexity index is 516. The predicted octanol–water partition coefficient (Wildman–Crippen LogP) is 3.33. The van der Waals surface area contributed by atoms with Crippen molar-refractivity contribution in [3.05, 3.63) is 59.7 Å². The fourth-order valence-corrected chi connectivity index (χ4v) is 2.69. The maximum atomic E-state index is 8.31. The molecule has 1 N–H and O–H groups in total. The number of hydrogen-bond acceptors (Lipinski definition) is 2. The summed E-state index contributed by atoms with van der Waals surface area (Å²) in [5.74, 6) is 0.804. The van der Waals surface area contributed by atoms with Gasteiger partial charge in [-0.3, -0.25) is 0 Å². The van der Waals surface area contributed by atoms with Crippen LogP contribution < -0.4 is 0 Å². The van der Waals surface area contributed by atoms with Crippen molar-refractivity contribution in [3.63, 3.8) is 0 Å². The number of fused-ring (bicyclic) bond motifs is 2. The Morgan fingerprint density at radius 2 is 1.83 bits per heavy atom. The lowest BCUT2D eigenvalue weighted by atomic mass is 9.84. The number of benzene rings is 1. The van der Waals surface area contributed by atoms with Gasteiger partial charge in [0.1, 0.15) is 0 Å². The highest BCUT2D eigenvalue weighted by Gasteiger charge is 2.23. The minimum atomic E-state index is 0.397. The van der Waals surface area contributed by atoms with Crippen molar-refractivity contribution in [1.29, 1.82) is 5.41 Å². The summed E-state index contributed by atoms with van der Waals surface area (Å²) < 4.78 is 5.82. The van der Waals surface area contributed by atoms with Gasteiger partial charge in [-0.25, -0.2) is 0 Å². The van der Waals surface area contributed by atoms with Crippen LogP contribution in [-0.4, -0.2) is 12.3 Å². The van der Waals surface area contributed by atoms with E-state index in [4.69, 9.17) is 10.1 Å². The largest absolute Gasteiger partial charge is 0.376 e. The van der Waals surface area contributed by atoms with E-state index in [1.807, 2.05) is 18.2 Å². The molecule has 92 valence electrons. The van der Waals surface area contributed by atoms with Crippen LogP contribution >= 0.6 is 0 Å². The number of nitrogens with one attached hydrogen (secondary N) is 1. The molecule has 0 saturated carbocycles. The normalized spacial score (nSPS) is 26.8.